The monoisotopic (exact) mass is 317 g/mol. The molecule has 0 spiro atoms. The SMILES string of the molecule is O=C(O)c1cnc(-c2cc(Cl)ccc2Br)s1. The third kappa shape index (κ3) is 2.26. The molecule has 0 fully saturated rings. The van der Waals surface area contributed by atoms with Gasteiger partial charge in [-0.15, -0.1) is 11.3 Å². The summed E-state index contributed by atoms with van der Waals surface area (Å²) in [6.45, 7) is 0. The number of hydrogen-bond donors (Lipinski definition) is 1. The first-order valence-corrected chi connectivity index (χ1v) is 6.21. The molecule has 2 rings (SSSR count). The van der Waals surface area contributed by atoms with Crippen LogP contribution in [-0.2, 0) is 0 Å². The number of carboxylic acid groups (broad SMARTS) is 1. The molecule has 1 heterocycles. The van der Waals surface area contributed by atoms with E-state index < -0.39 is 5.97 Å². The molecule has 0 amide bonds. The number of benzene rings is 1. The summed E-state index contributed by atoms with van der Waals surface area (Å²) in [5, 5.41) is 10.0. The van der Waals surface area contributed by atoms with Crippen LogP contribution < -0.4 is 0 Å². The summed E-state index contributed by atoms with van der Waals surface area (Å²) in [6, 6.07) is 5.30. The average molecular weight is 319 g/mol. The summed E-state index contributed by atoms with van der Waals surface area (Å²) in [7, 11) is 0. The molecular formula is C10H5BrClNO2S. The van der Waals surface area contributed by atoms with Gasteiger partial charge in [-0.3, -0.25) is 0 Å². The standard InChI is InChI=1S/C10H5BrClNO2S/c11-7-2-1-5(12)3-6(7)9-13-4-8(16-9)10(14)15/h1-4H,(H,14,15). The quantitative estimate of drug-likeness (QED) is 0.913. The number of nitrogens with zero attached hydrogens (tertiary/aromatic N) is 1. The highest BCUT2D eigenvalue weighted by atomic mass is 79.9. The Hall–Kier alpha value is -0.910. The molecule has 6 heteroatoms. The lowest BCUT2D eigenvalue weighted by Crippen LogP contribution is -1.89. The Morgan fingerprint density at radius 1 is 1.50 bits per heavy atom. The Bertz CT molecular complexity index is 556. The normalized spacial score (nSPS) is 10.4. The first-order valence-electron chi connectivity index (χ1n) is 4.22. The van der Waals surface area contributed by atoms with Crippen LogP contribution in [0.15, 0.2) is 28.9 Å². The maximum Gasteiger partial charge on any atom is 0.347 e. The number of thiazole rings is 1. The number of carbonyl (C=O) groups is 1. The lowest BCUT2D eigenvalue weighted by molar-refractivity contribution is 0.0702. The predicted octanol–water partition coefficient (Wildman–Crippen LogP) is 3.92. The summed E-state index contributed by atoms with van der Waals surface area (Å²) in [4.78, 5) is 15.0. The second-order valence-corrected chi connectivity index (χ2v) is 5.28. The van der Waals surface area contributed by atoms with Gasteiger partial charge in [0, 0.05) is 15.1 Å². The predicted molar refractivity (Wildman–Crippen MR) is 67.2 cm³/mol. The van der Waals surface area contributed by atoms with Crippen LogP contribution in [0.2, 0.25) is 5.02 Å². The van der Waals surface area contributed by atoms with Gasteiger partial charge in [-0.2, -0.15) is 0 Å². The lowest BCUT2D eigenvalue weighted by Gasteiger charge is -2.00. The van der Waals surface area contributed by atoms with Gasteiger partial charge in [-0.1, -0.05) is 27.5 Å². The molecule has 0 aliphatic heterocycles. The van der Waals surface area contributed by atoms with Crippen LogP contribution in [0.3, 0.4) is 0 Å². The van der Waals surface area contributed by atoms with Crippen LogP contribution >= 0.6 is 38.9 Å². The van der Waals surface area contributed by atoms with E-state index in [4.69, 9.17) is 16.7 Å². The molecule has 0 aliphatic carbocycles. The fraction of sp³-hybridized carbons (Fsp3) is 0. The van der Waals surface area contributed by atoms with Crippen molar-refractivity contribution in [1.82, 2.24) is 4.98 Å². The van der Waals surface area contributed by atoms with Crippen LogP contribution in [-0.4, -0.2) is 16.1 Å². The minimum atomic E-state index is -0.970. The minimum Gasteiger partial charge on any atom is -0.477 e. The number of rotatable bonds is 2. The number of aromatic nitrogens is 1. The molecule has 1 aromatic carbocycles. The fourth-order valence-electron chi connectivity index (χ4n) is 1.16. The highest BCUT2D eigenvalue weighted by Crippen LogP contribution is 2.33. The molecule has 82 valence electrons. The van der Waals surface area contributed by atoms with E-state index in [-0.39, 0.29) is 4.88 Å². The molecular weight excluding hydrogens is 314 g/mol. The van der Waals surface area contributed by atoms with E-state index in [1.165, 1.54) is 6.20 Å². The van der Waals surface area contributed by atoms with Crippen molar-refractivity contribution in [3.05, 3.63) is 38.8 Å². The molecule has 1 aromatic heterocycles. The fourth-order valence-corrected chi connectivity index (χ4v) is 2.68. The molecule has 3 nitrogen and oxygen atoms in total. The number of hydrogen-bond acceptors (Lipinski definition) is 3. The van der Waals surface area contributed by atoms with Crippen LogP contribution in [0.25, 0.3) is 10.6 Å². The van der Waals surface area contributed by atoms with Crippen molar-refractivity contribution in [1.29, 1.82) is 0 Å². The van der Waals surface area contributed by atoms with Crippen molar-refractivity contribution in [2.75, 3.05) is 0 Å². The summed E-state index contributed by atoms with van der Waals surface area (Å²) >= 11 is 10.4. The highest BCUT2D eigenvalue weighted by molar-refractivity contribution is 9.10. The first kappa shape index (κ1) is 11.6. The van der Waals surface area contributed by atoms with E-state index in [0.29, 0.717) is 10.0 Å². The van der Waals surface area contributed by atoms with Gasteiger partial charge in [0.2, 0.25) is 0 Å². The Labute approximate surface area is 109 Å². The van der Waals surface area contributed by atoms with Crippen LogP contribution in [0, 0.1) is 0 Å². The van der Waals surface area contributed by atoms with Gasteiger partial charge in [-0.25, -0.2) is 9.78 Å². The summed E-state index contributed by atoms with van der Waals surface area (Å²) in [6.07, 6.45) is 1.34. The maximum absolute atomic E-state index is 10.7. The Morgan fingerprint density at radius 3 is 2.88 bits per heavy atom. The summed E-state index contributed by atoms with van der Waals surface area (Å²) in [5.41, 5.74) is 0.796. The zero-order valence-corrected chi connectivity index (χ0v) is 10.9. The third-order valence-corrected chi connectivity index (χ3v) is 3.82. The first-order chi connectivity index (χ1) is 7.58. The van der Waals surface area contributed by atoms with E-state index in [0.717, 1.165) is 21.4 Å². The second-order valence-electron chi connectivity index (χ2n) is 2.96. The largest absolute Gasteiger partial charge is 0.477 e. The van der Waals surface area contributed by atoms with Gasteiger partial charge in [0.25, 0.3) is 0 Å². The van der Waals surface area contributed by atoms with Crippen LogP contribution in [0.1, 0.15) is 9.67 Å². The average Bonchev–Trinajstić information content (AvgIpc) is 2.70. The van der Waals surface area contributed by atoms with E-state index in [1.807, 2.05) is 0 Å². The third-order valence-electron chi connectivity index (χ3n) is 1.88. The van der Waals surface area contributed by atoms with E-state index in [9.17, 15) is 4.79 Å². The molecule has 0 saturated heterocycles. The van der Waals surface area contributed by atoms with Crippen molar-refractivity contribution >= 4 is 44.8 Å². The highest BCUT2D eigenvalue weighted by Gasteiger charge is 2.12. The number of aromatic carboxylic acids is 1. The zero-order valence-electron chi connectivity index (χ0n) is 7.78. The van der Waals surface area contributed by atoms with Gasteiger partial charge >= 0.3 is 5.97 Å². The van der Waals surface area contributed by atoms with Crippen molar-refractivity contribution in [2.24, 2.45) is 0 Å². The molecule has 0 radical (unpaired) electrons. The van der Waals surface area contributed by atoms with Gasteiger partial charge < -0.3 is 5.11 Å². The van der Waals surface area contributed by atoms with Gasteiger partial charge in [-0.05, 0) is 18.2 Å². The minimum absolute atomic E-state index is 0.210. The topological polar surface area (TPSA) is 50.2 Å². The zero-order chi connectivity index (χ0) is 11.7. The summed E-state index contributed by atoms with van der Waals surface area (Å²) in [5.74, 6) is -0.970. The van der Waals surface area contributed by atoms with Crippen LogP contribution in [0.5, 0.6) is 0 Å². The molecule has 1 N–H and O–H groups in total. The Balaban J connectivity index is 2.50. The Kier molecular flexibility index (Phi) is 3.28. The number of carboxylic acids is 1. The second kappa shape index (κ2) is 4.53. The lowest BCUT2D eigenvalue weighted by atomic mass is 10.2. The molecule has 0 bridgehead atoms. The van der Waals surface area contributed by atoms with Crippen molar-refractivity contribution in [3.8, 4) is 10.6 Å². The van der Waals surface area contributed by atoms with Gasteiger partial charge in [0.1, 0.15) is 9.88 Å². The van der Waals surface area contributed by atoms with E-state index in [2.05, 4.69) is 20.9 Å². The molecule has 0 unspecified atom stereocenters. The van der Waals surface area contributed by atoms with Crippen LogP contribution in [0.4, 0.5) is 0 Å². The van der Waals surface area contributed by atoms with Crippen molar-refractivity contribution < 1.29 is 9.90 Å². The van der Waals surface area contributed by atoms with Gasteiger partial charge in [0.15, 0.2) is 0 Å². The van der Waals surface area contributed by atoms with E-state index in [1.54, 1.807) is 18.2 Å². The number of halogens is 2. The molecule has 2 aromatic rings. The Morgan fingerprint density at radius 2 is 2.25 bits per heavy atom. The van der Waals surface area contributed by atoms with Gasteiger partial charge in [0.05, 0.1) is 6.20 Å². The molecule has 0 aliphatic rings. The van der Waals surface area contributed by atoms with Crippen molar-refractivity contribution in [3.63, 3.8) is 0 Å². The summed E-state index contributed by atoms with van der Waals surface area (Å²) < 4.78 is 0.836. The van der Waals surface area contributed by atoms with Crippen molar-refractivity contribution in [2.45, 2.75) is 0 Å². The maximum atomic E-state index is 10.7. The molecule has 16 heavy (non-hydrogen) atoms. The molecule has 0 atom stereocenters. The smallest absolute Gasteiger partial charge is 0.347 e. The molecule has 0 saturated carbocycles. The van der Waals surface area contributed by atoms with E-state index >= 15 is 0 Å².